The van der Waals surface area contributed by atoms with E-state index in [4.69, 9.17) is 4.74 Å². The second-order valence-electron chi connectivity index (χ2n) is 5.03. The van der Waals surface area contributed by atoms with E-state index in [9.17, 15) is 4.79 Å². The van der Waals surface area contributed by atoms with Crippen molar-refractivity contribution in [3.8, 4) is 0 Å². The summed E-state index contributed by atoms with van der Waals surface area (Å²) < 4.78 is 4.95. The molecule has 1 fully saturated rings. The summed E-state index contributed by atoms with van der Waals surface area (Å²) in [5, 5.41) is 2.86. The van der Waals surface area contributed by atoms with Gasteiger partial charge in [-0.25, -0.2) is 4.98 Å². The van der Waals surface area contributed by atoms with Crippen molar-refractivity contribution < 1.29 is 9.53 Å². The average Bonchev–Trinajstić information content (AvgIpc) is 2.52. The third kappa shape index (κ3) is 4.20. The minimum absolute atomic E-state index is 0.111. The maximum absolute atomic E-state index is 12.0. The molecule has 0 bridgehead atoms. The van der Waals surface area contributed by atoms with Crippen LogP contribution in [-0.4, -0.2) is 44.2 Å². The van der Waals surface area contributed by atoms with Crippen LogP contribution in [0.1, 0.15) is 36.2 Å². The summed E-state index contributed by atoms with van der Waals surface area (Å²) >= 11 is 0. The number of carbonyl (C=O) groups excluding carboxylic acids is 1. The summed E-state index contributed by atoms with van der Waals surface area (Å²) in [6.07, 6.45) is 4.51. The predicted molar refractivity (Wildman–Crippen MR) is 79.1 cm³/mol. The Hall–Kier alpha value is -1.62. The highest BCUT2D eigenvalue weighted by Gasteiger charge is 2.14. The van der Waals surface area contributed by atoms with Crippen molar-refractivity contribution in [2.24, 2.45) is 0 Å². The number of ether oxygens (including phenoxy) is 1. The van der Waals surface area contributed by atoms with E-state index >= 15 is 0 Å². The number of amides is 1. The van der Waals surface area contributed by atoms with Crippen LogP contribution in [0.25, 0.3) is 0 Å². The molecule has 0 aromatic carbocycles. The number of carbonyl (C=O) groups is 1. The number of nitrogens with zero attached hydrogens (tertiary/aromatic N) is 2. The lowest BCUT2D eigenvalue weighted by atomic mass is 10.1. The number of anilines is 1. The lowest BCUT2D eigenvalue weighted by Crippen LogP contribution is -2.31. The largest absolute Gasteiger partial charge is 0.385 e. The van der Waals surface area contributed by atoms with Crippen molar-refractivity contribution in [1.29, 1.82) is 0 Å². The van der Waals surface area contributed by atoms with Gasteiger partial charge >= 0.3 is 0 Å². The van der Waals surface area contributed by atoms with Gasteiger partial charge in [0.15, 0.2) is 0 Å². The van der Waals surface area contributed by atoms with Gasteiger partial charge in [-0.1, -0.05) is 6.07 Å². The lowest BCUT2D eigenvalue weighted by molar-refractivity contribution is 0.0943. The smallest absolute Gasteiger partial charge is 0.269 e. The highest BCUT2D eigenvalue weighted by atomic mass is 16.5. The monoisotopic (exact) mass is 277 g/mol. The van der Waals surface area contributed by atoms with Crippen molar-refractivity contribution in [1.82, 2.24) is 10.3 Å². The number of hydrogen-bond acceptors (Lipinski definition) is 4. The van der Waals surface area contributed by atoms with Crippen LogP contribution in [0, 0.1) is 0 Å². The summed E-state index contributed by atoms with van der Waals surface area (Å²) in [6.45, 7) is 3.33. The van der Waals surface area contributed by atoms with Gasteiger partial charge < -0.3 is 15.0 Å². The Morgan fingerprint density at radius 2 is 2.15 bits per heavy atom. The molecule has 1 aliphatic heterocycles. The molecule has 0 radical (unpaired) electrons. The van der Waals surface area contributed by atoms with Crippen LogP contribution in [0.15, 0.2) is 18.2 Å². The molecule has 1 N–H and O–H groups in total. The molecule has 20 heavy (non-hydrogen) atoms. The fourth-order valence-electron chi connectivity index (χ4n) is 2.36. The predicted octanol–water partition coefficient (Wildman–Crippen LogP) is 1.84. The number of methoxy groups -OCH3 is 1. The van der Waals surface area contributed by atoms with Crippen LogP contribution in [0.3, 0.4) is 0 Å². The third-order valence-corrected chi connectivity index (χ3v) is 3.46. The highest BCUT2D eigenvalue weighted by molar-refractivity contribution is 5.92. The Bertz CT molecular complexity index is 431. The Morgan fingerprint density at radius 1 is 1.35 bits per heavy atom. The molecule has 110 valence electrons. The minimum Gasteiger partial charge on any atom is -0.385 e. The van der Waals surface area contributed by atoms with Gasteiger partial charge in [0.2, 0.25) is 0 Å². The van der Waals surface area contributed by atoms with Gasteiger partial charge in [0.05, 0.1) is 0 Å². The average molecular weight is 277 g/mol. The molecule has 1 amide bonds. The minimum atomic E-state index is -0.111. The van der Waals surface area contributed by atoms with Gasteiger partial charge in [0, 0.05) is 33.4 Å². The van der Waals surface area contributed by atoms with Gasteiger partial charge in [-0.05, 0) is 37.8 Å². The van der Waals surface area contributed by atoms with E-state index in [1.54, 1.807) is 13.2 Å². The summed E-state index contributed by atoms with van der Waals surface area (Å²) in [5.41, 5.74) is 0.491. The zero-order valence-corrected chi connectivity index (χ0v) is 12.1. The van der Waals surface area contributed by atoms with Gasteiger partial charge in [0.25, 0.3) is 5.91 Å². The summed E-state index contributed by atoms with van der Waals surface area (Å²) in [5.74, 6) is 0.800. The third-order valence-electron chi connectivity index (χ3n) is 3.46. The number of hydrogen-bond donors (Lipinski definition) is 1. The van der Waals surface area contributed by atoms with Crippen molar-refractivity contribution >= 4 is 11.7 Å². The van der Waals surface area contributed by atoms with Gasteiger partial charge in [-0.3, -0.25) is 4.79 Å². The van der Waals surface area contributed by atoms with Gasteiger partial charge in [0.1, 0.15) is 11.5 Å². The summed E-state index contributed by atoms with van der Waals surface area (Å²) in [7, 11) is 1.66. The fourth-order valence-corrected chi connectivity index (χ4v) is 2.36. The molecule has 1 aliphatic rings. The molecule has 5 nitrogen and oxygen atoms in total. The summed E-state index contributed by atoms with van der Waals surface area (Å²) in [6, 6.07) is 5.65. The van der Waals surface area contributed by atoms with Gasteiger partial charge in [-0.15, -0.1) is 0 Å². The maximum Gasteiger partial charge on any atom is 0.269 e. The Kier molecular flexibility index (Phi) is 5.80. The van der Waals surface area contributed by atoms with Crippen LogP contribution >= 0.6 is 0 Å². The molecule has 1 saturated heterocycles. The first-order valence-corrected chi connectivity index (χ1v) is 7.30. The number of piperidine rings is 1. The quantitative estimate of drug-likeness (QED) is 0.806. The van der Waals surface area contributed by atoms with Gasteiger partial charge in [-0.2, -0.15) is 0 Å². The fraction of sp³-hybridized carbons (Fsp3) is 0.600. The summed E-state index contributed by atoms with van der Waals surface area (Å²) in [4.78, 5) is 18.7. The lowest BCUT2D eigenvalue weighted by Gasteiger charge is -2.27. The second-order valence-corrected chi connectivity index (χ2v) is 5.03. The molecule has 2 heterocycles. The van der Waals surface area contributed by atoms with E-state index in [-0.39, 0.29) is 5.91 Å². The first kappa shape index (κ1) is 14.8. The topological polar surface area (TPSA) is 54.5 Å². The van der Waals surface area contributed by atoms with E-state index in [0.29, 0.717) is 18.8 Å². The first-order valence-electron chi connectivity index (χ1n) is 7.30. The van der Waals surface area contributed by atoms with Crippen LogP contribution in [0.4, 0.5) is 5.82 Å². The van der Waals surface area contributed by atoms with Crippen LogP contribution in [0.5, 0.6) is 0 Å². The molecule has 0 unspecified atom stereocenters. The van der Waals surface area contributed by atoms with E-state index in [1.165, 1.54) is 19.3 Å². The molecule has 1 aromatic rings. The SMILES string of the molecule is COCCCNC(=O)c1cccc(N2CCCCC2)n1. The van der Waals surface area contributed by atoms with Crippen LogP contribution in [0.2, 0.25) is 0 Å². The molecule has 0 aliphatic carbocycles. The maximum atomic E-state index is 12.0. The van der Waals surface area contributed by atoms with Crippen molar-refractivity contribution in [3.05, 3.63) is 23.9 Å². The molecule has 1 aromatic heterocycles. The molecule has 0 saturated carbocycles. The zero-order chi connectivity index (χ0) is 14.2. The number of nitrogens with one attached hydrogen (secondary N) is 1. The van der Waals surface area contributed by atoms with Crippen molar-refractivity contribution in [3.63, 3.8) is 0 Å². The Balaban J connectivity index is 1.92. The number of rotatable bonds is 6. The first-order chi connectivity index (χ1) is 9.81. The molecule has 0 spiro atoms. The molecular formula is C15H23N3O2. The van der Waals surface area contributed by atoms with Crippen LogP contribution < -0.4 is 10.2 Å². The highest BCUT2D eigenvalue weighted by Crippen LogP contribution is 2.17. The van der Waals surface area contributed by atoms with E-state index in [0.717, 1.165) is 25.3 Å². The van der Waals surface area contributed by atoms with E-state index in [1.807, 2.05) is 12.1 Å². The standard InChI is InChI=1S/C15H23N3O2/c1-20-12-6-9-16-15(19)13-7-5-8-14(17-13)18-10-3-2-4-11-18/h5,7-8H,2-4,6,9-12H2,1H3,(H,16,19). The number of aromatic nitrogens is 1. The molecule has 0 atom stereocenters. The molecule has 5 heteroatoms. The van der Waals surface area contributed by atoms with E-state index < -0.39 is 0 Å². The van der Waals surface area contributed by atoms with E-state index in [2.05, 4.69) is 15.2 Å². The zero-order valence-electron chi connectivity index (χ0n) is 12.1. The molecular weight excluding hydrogens is 254 g/mol. The second kappa shape index (κ2) is 7.85. The molecule has 2 rings (SSSR count). The van der Waals surface area contributed by atoms with Crippen LogP contribution in [-0.2, 0) is 4.74 Å². The normalized spacial score (nSPS) is 15.2. The Labute approximate surface area is 120 Å². The van der Waals surface area contributed by atoms with Crippen molar-refractivity contribution in [2.75, 3.05) is 38.3 Å². The van der Waals surface area contributed by atoms with Crippen molar-refractivity contribution in [2.45, 2.75) is 25.7 Å². The Morgan fingerprint density at radius 3 is 2.90 bits per heavy atom. The number of pyridine rings is 1.